The summed E-state index contributed by atoms with van der Waals surface area (Å²) in [5.41, 5.74) is 12.7. The zero-order valence-corrected chi connectivity index (χ0v) is 14.1. The van der Waals surface area contributed by atoms with E-state index in [0.29, 0.717) is 6.54 Å². The molecule has 0 radical (unpaired) electrons. The smallest absolute Gasteiger partial charge is 0.104 e. The highest BCUT2D eigenvalue weighted by Gasteiger charge is 2.16. The van der Waals surface area contributed by atoms with Crippen LogP contribution >= 0.6 is 0 Å². The summed E-state index contributed by atoms with van der Waals surface area (Å²) in [4.78, 5) is 4.40. The Labute approximate surface area is 138 Å². The van der Waals surface area contributed by atoms with Crippen LogP contribution in [0.2, 0.25) is 0 Å². The zero-order chi connectivity index (χ0) is 17.0. The van der Waals surface area contributed by atoms with Gasteiger partial charge in [0.2, 0.25) is 0 Å². The molecular weight excluding hydrogens is 284 g/mol. The van der Waals surface area contributed by atoms with E-state index in [1.807, 2.05) is 42.9 Å². The fourth-order valence-electron chi connectivity index (χ4n) is 2.56. The number of hydrogen-bond donors (Lipinski definition) is 2. The maximum atomic E-state index is 5.99. The van der Waals surface area contributed by atoms with Gasteiger partial charge in [-0.25, -0.2) is 0 Å². The van der Waals surface area contributed by atoms with Gasteiger partial charge in [-0.2, -0.15) is 0 Å². The SMILES string of the molecule is C=Cc1ccc(CNC(=C)C(=NC)c2c(C)c(N)cn2C)cc1. The van der Waals surface area contributed by atoms with Crippen molar-refractivity contribution in [2.45, 2.75) is 13.5 Å². The monoisotopic (exact) mass is 308 g/mol. The standard InChI is InChI=1S/C19H24N4/c1-6-15-7-9-16(10-8-15)11-22-14(3)18(21-4)19-13(2)17(20)12-23(19)5/h6-10,12,22H,1,3,11,20H2,2,4-5H3. The summed E-state index contributed by atoms with van der Waals surface area (Å²) >= 11 is 0. The van der Waals surface area contributed by atoms with Gasteiger partial charge in [-0.3, -0.25) is 4.99 Å². The molecule has 0 fully saturated rings. The quantitative estimate of drug-likeness (QED) is 0.805. The number of benzene rings is 1. The van der Waals surface area contributed by atoms with Gasteiger partial charge in [-0.15, -0.1) is 0 Å². The van der Waals surface area contributed by atoms with Crippen LogP contribution in [0.25, 0.3) is 6.08 Å². The summed E-state index contributed by atoms with van der Waals surface area (Å²) in [5.74, 6) is 0. The van der Waals surface area contributed by atoms with E-state index in [0.717, 1.165) is 33.9 Å². The van der Waals surface area contributed by atoms with Crippen LogP contribution in [0.15, 0.2) is 54.3 Å². The molecule has 0 saturated heterocycles. The number of anilines is 1. The lowest BCUT2D eigenvalue weighted by Gasteiger charge is -2.14. The lowest BCUT2D eigenvalue weighted by atomic mass is 10.1. The summed E-state index contributed by atoms with van der Waals surface area (Å²) < 4.78 is 1.98. The fourth-order valence-corrected chi connectivity index (χ4v) is 2.56. The maximum Gasteiger partial charge on any atom is 0.104 e. The van der Waals surface area contributed by atoms with Crippen molar-refractivity contribution in [3.05, 3.63) is 71.7 Å². The number of nitrogen functional groups attached to an aromatic ring is 1. The molecule has 2 rings (SSSR count). The molecule has 4 nitrogen and oxygen atoms in total. The van der Waals surface area contributed by atoms with Gasteiger partial charge in [0.05, 0.1) is 17.1 Å². The number of nitrogens with zero attached hydrogens (tertiary/aromatic N) is 2. The average molecular weight is 308 g/mol. The highest BCUT2D eigenvalue weighted by molar-refractivity contribution is 6.12. The first-order valence-electron chi connectivity index (χ1n) is 7.51. The highest BCUT2D eigenvalue weighted by atomic mass is 15.0. The Balaban J connectivity index is 2.13. The largest absolute Gasteiger partial charge is 0.397 e. The summed E-state index contributed by atoms with van der Waals surface area (Å²) in [7, 11) is 3.73. The molecule has 3 N–H and O–H groups in total. The first-order chi connectivity index (χ1) is 11.0. The van der Waals surface area contributed by atoms with Crippen molar-refractivity contribution >= 4 is 17.5 Å². The Bertz CT molecular complexity index is 748. The maximum absolute atomic E-state index is 5.99. The Morgan fingerprint density at radius 1 is 1.35 bits per heavy atom. The number of allylic oxidation sites excluding steroid dienone is 1. The van der Waals surface area contributed by atoms with E-state index >= 15 is 0 Å². The Morgan fingerprint density at radius 3 is 2.48 bits per heavy atom. The third-order valence-electron chi connectivity index (χ3n) is 3.93. The van der Waals surface area contributed by atoms with Crippen molar-refractivity contribution in [2.24, 2.45) is 12.0 Å². The van der Waals surface area contributed by atoms with Crippen molar-refractivity contribution in [3.8, 4) is 0 Å². The zero-order valence-electron chi connectivity index (χ0n) is 14.1. The second-order valence-corrected chi connectivity index (χ2v) is 5.52. The predicted molar refractivity (Wildman–Crippen MR) is 99.5 cm³/mol. The Hall–Kier alpha value is -2.75. The van der Waals surface area contributed by atoms with Gasteiger partial charge in [-0.05, 0) is 23.6 Å². The molecular formula is C19H24N4. The van der Waals surface area contributed by atoms with E-state index in [2.05, 4.69) is 35.6 Å². The summed E-state index contributed by atoms with van der Waals surface area (Å²) in [6.45, 7) is 10.6. The second kappa shape index (κ2) is 7.01. The van der Waals surface area contributed by atoms with Gasteiger partial charge in [0.15, 0.2) is 0 Å². The molecule has 0 aliphatic rings. The number of aryl methyl sites for hydroxylation is 1. The van der Waals surface area contributed by atoms with Crippen molar-refractivity contribution in [1.29, 1.82) is 0 Å². The van der Waals surface area contributed by atoms with Crippen LogP contribution in [-0.4, -0.2) is 17.3 Å². The highest BCUT2D eigenvalue weighted by Crippen LogP contribution is 2.20. The number of hydrogen-bond acceptors (Lipinski definition) is 3. The molecule has 120 valence electrons. The summed E-state index contributed by atoms with van der Waals surface area (Å²) in [6.07, 6.45) is 3.73. The van der Waals surface area contributed by atoms with Crippen molar-refractivity contribution in [2.75, 3.05) is 12.8 Å². The van der Waals surface area contributed by atoms with Crippen LogP contribution in [0.4, 0.5) is 5.69 Å². The molecule has 1 aromatic carbocycles. The minimum Gasteiger partial charge on any atom is -0.397 e. The van der Waals surface area contributed by atoms with E-state index in [1.165, 1.54) is 5.56 Å². The fraction of sp³-hybridized carbons (Fsp3) is 0.211. The molecule has 23 heavy (non-hydrogen) atoms. The number of nitrogens with two attached hydrogens (primary N) is 1. The topological polar surface area (TPSA) is 55.3 Å². The summed E-state index contributed by atoms with van der Waals surface area (Å²) in [6, 6.07) is 8.24. The molecule has 0 bridgehead atoms. The number of aliphatic imine (C=N–C) groups is 1. The van der Waals surface area contributed by atoms with Crippen LogP contribution in [-0.2, 0) is 13.6 Å². The Kier molecular flexibility index (Phi) is 5.06. The number of nitrogens with one attached hydrogen (secondary N) is 1. The third-order valence-corrected chi connectivity index (χ3v) is 3.93. The molecule has 0 aliphatic carbocycles. The van der Waals surface area contributed by atoms with Gasteiger partial charge >= 0.3 is 0 Å². The van der Waals surface area contributed by atoms with Gasteiger partial charge < -0.3 is 15.6 Å². The molecule has 2 aromatic rings. The molecule has 1 aromatic heterocycles. The molecule has 0 amide bonds. The van der Waals surface area contributed by atoms with E-state index in [1.54, 1.807) is 7.05 Å². The number of aromatic nitrogens is 1. The van der Waals surface area contributed by atoms with Crippen LogP contribution < -0.4 is 11.1 Å². The average Bonchev–Trinajstić information content (AvgIpc) is 2.80. The normalized spacial score (nSPS) is 11.3. The van der Waals surface area contributed by atoms with Crippen LogP contribution in [0.5, 0.6) is 0 Å². The second-order valence-electron chi connectivity index (χ2n) is 5.52. The van der Waals surface area contributed by atoms with Gasteiger partial charge in [-0.1, -0.05) is 43.5 Å². The Morgan fingerprint density at radius 2 is 2.00 bits per heavy atom. The molecule has 0 spiro atoms. The van der Waals surface area contributed by atoms with Gasteiger partial charge in [0.25, 0.3) is 0 Å². The van der Waals surface area contributed by atoms with Crippen LogP contribution in [0.3, 0.4) is 0 Å². The van der Waals surface area contributed by atoms with Crippen molar-refractivity contribution in [3.63, 3.8) is 0 Å². The van der Waals surface area contributed by atoms with Crippen LogP contribution in [0, 0.1) is 6.92 Å². The van der Waals surface area contributed by atoms with Crippen molar-refractivity contribution in [1.82, 2.24) is 9.88 Å². The summed E-state index contributed by atoms with van der Waals surface area (Å²) in [5, 5.41) is 3.34. The van der Waals surface area contributed by atoms with Gasteiger partial charge in [0, 0.05) is 26.8 Å². The molecule has 0 atom stereocenters. The van der Waals surface area contributed by atoms with Crippen molar-refractivity contribution < 1.29 is 0 Å². The van der Waals surface area contributed by atoms with E-state index in [4.69, 9.17) is 5.73 Å². The van der Waals surface area contributed by atoms with E-state index < -0.39 is 0 Å². The third kappa shape index (κ3) is 3.54. The molecule has 4 heteroatoms. The molecule has 1 heterocycles. The molecule has 0 saturated carbocycles. The first kappa shape index (κ1) is 16.6. The minimum atomic E-state index is 0.689. The molecule has 0 unspecified atom stereocenters. The van der Waals surface area contributed by atoms with E-state index in [-0.39, 0.29) is 0 Å². The van der Waals surface area contributed by atoms with Gasteiger partial charge in [0.1, 0.15) is 5.71 Å². The minimum absolute atomic E-state index is 0.689. The van der Waals surface area contributed by atoms with E-state index in [9.17, 15) is 0 Å². The lowest BCUT2D eigenvalue weighted by Crippen LogP contribution is -2.22. The lowest BCUT2D eigenvalue weighted by molar-refractivity contribution is 0.839. The number of rotatable bonds is 6. The van der Waals surface area contributed by atoms with Crippen LogP contribution in [0.1, 0.15) is 22.4 Å². The first-order valence-corrected chi connectivity index (χ1v) is 7.51. The predicted octanol–water partition coefficient (Wildman–Crippen LogP) is 3.28. The molecule has 0 aliphatic heterocycles.